The number of aromatic nitrogens is 1. The summed E-state index contributed by atoms with van der Waals surface area (Å²) in [5, 5.41) is 10.0. The Morgan fingerprint density at radius 2 is 1.86 bits per heavy atom. The molecule has 2 aromatic carbocycles. The molecule has 1 aliphatic rings. The maximum absolute atomic E-state index is 13.7. The molecule has 2 heterocycles. The Hall–Kier alpha value is -4.29. The van der Waals surface area contributed by atoms with Crippen molar-refractivity contribution in [1.82, 2.24) is 4.57 Å². The van der Waals surface area contributed by atoms with Gasteiger partial charge in [-0.1, -0.05) is 24.3 Å². The van der Waals surface area contributed by atoms with E-state index in [0.29, 0.717) is 26.3 Å². The highest BCUT2D eigenvalue weighted by Gasteiger charge is 2.34. The molecule has 1 aromatic heterocycles. The van der Waals surface area contributed by atoms with Gasteiger partial charge in [0.2, 0.25) is 0 Å². The third-order valence-electron chi connectivity index (χ3n) is 5.56. The van der Waals surface area contributed by atoms with Crippen molar-refractivity contribution in [2.75, 3.05) is 20.8 Å². The summed E-state index contributed by atoms with van der Waals surface area (Å²) in [6.07, 6.45) is 1.72. The van der Waals surface area contributed by atoms with E-state index in [4.69, 9.17) is 19.9 Å². The predicted octanol–water partition coefficient (Wildman–Crippen LogP) is 1.81. The molecule has 4 rings (SSSR count). The lowest BCUT2D eigenvalue weighted by atomic mass is 9.93. The molecule has 9 heteroatoms. The van der Waals surface area contributed by atoms with Crippen LogP contribution >= 0.6 is 11.3 Å². The van der Waals surface area contributed by atoms with E-state index in [2.05, 4.69) is 6.07 Å². The lowest BCUT2D eigenvalue weighted by Gasteiger charge is -2.25. The fraction of sp³-hybridized carbons (Fsp3) is 0.192. The molecular weight excluding hydrogens is 466 g/mol. The number of nitrogens with two attached hydrogens (primary N) is 1. The number of rotatable bonds is 6. The number of hydrogen-bond donors (Lipinski definition) is 1. The number of benzene rings is 2. The lowest BCUT2D eigenvalue weighted by Crippen LogP contribution is -2.41. The van der Waals surface area contributed by atoms with Gasteiger partial charge < -0.3 is 19.9 Å². The third kappa shape index (κ3) is 4.32. The van der Waals surface area contributed by atoms with Crippen LogP contribution < -0.4 is 30.0 Å². The minimum atomic E-state index is -0.834. The fourth-order valence-electron chi connectivity index (χ4n) is 3.96. The van der Waals surface area contributed by atoms with Gasteiger partial charge in [-0.3, -0.25) is 9.36 Å². The lowest BCUT2D eigenvalue weighted by molar-refractivity contribution is -0.136. The van der Waals surface area contributed by atoms with Gasteiger partial charge in [0.1, 0.15) is 27.8 Å². The van der Waals surface area contributed by atoms with Crippen LogP contribution in [0.5, 0.6) is 11.5 Å². The van der Waals surface area contributed by atoms with Crippen molar-refractivity contribution in [2.45, 2.75) is 13.0 Å². The second kappa shape index (κ2) is 9.91. The molecule has 0 radical (unpaired) electrons. The molecule has 0 saturated heterocycles. The van der Waals surface area contributed by atoms with Crippen LogP contribution in [0.15, 0.2) is 64.6 Å². The largest absolute Gasteiger partial charge is 0.497 e. The van der Waals surface area contributed by atoms with Gasteiger partial charge in [0, 0.05) is 0 Å². The third-order valence-corrected chi connectivity index (χ3v) is 6.67. The van der Waals surface area contributed by atoms with E-state index in [1.54, 1.807) is 56.5 Å². The van der Waals surface area contributed by atoms with E-state index in [-0.39, 0.29) is 29.0 Å². The summed E-state index contributed by atoms with van der Waals surface area (Å²) < 4.78 is 18.0. The molecule has 35 heavy (non-hydrogen) atoms. The Balaban J connectivity index is 2.08. The number of carbonyl (C=O) groups excluding carboxylic acids is 1. The number of hydrogen-bond acceptors (Lipinski definition) is 8. The van der Waals surface area contributed by atoms with Crippen molar-refractivity contribution in [2.24, 2.45) is 5.73 Å². The first kappa shape index (κ1) is 23.9. The van der Waals surface area contributed by atoms with Gasteiger partial charge in [0.15, 0.2) is 0 Å². The van der Waals surface area contributed by atoms with Crippen LogP contribution in [-0.4, -0.2) is 31.4 Å². The molecule has 0 amide bonds. The molecule has 0 bridgehead atoms. The second-order valence-corrected chi connectivity index (χ2v) is 8.61. The van der Waals surface area contributed by atoms with Crippen molar-refractivity contribution in [3.8, 4) is 17.6 Å². The number of nitriles is 1. The number of nitrogens with zero attached hydrogens (tertiary/aromatic N) is 2. The maximum Gasteiger partial charge on any atom is 0.343 e. The number of ether oxygens (including phenoxy) is 3. The molecule has 0 aliphatic carbocycles. The van der Waals surface area contributed by atoms with Crippen molar-refractivity contribution in [3.63, 3.8) is 0 Å². The molecule has 178 valence electrons. The summed E-state index contributed by atoms with van der Waals surface area (Å²) in [6.45, 7) is 1.80. The Kier molecular flexibility index (Phi) is 6.75. The fourth-order valence-corrected chi connectivity index (χ4v) is 5.13. The minimum absolute atomic E-state index is 0.00653. The average molecular weight is 490 g/mol. The summed E-state index contributed by atoms with van der Waals surface area (Å²) >= 11 is 1.12. The molecule has 0 fully saturated rings. The highest BCUT2D eigenvalue weighted by atomic mass is 32.1. The predicted molar refractivity (Wildman–Crippen MR) is 132 cm³/mol. The van der Waals surface area contributed by atoms with E-state index < -0.39 is 12.0 Å². The van der Waals surface area contributed by atoms with Crippen LogP contribution in [-0.2, 0) is 9.53 Å². The standard InChI is InChI=1S/C26H23N3O5S/c1-4-34-26(31)21-22(28)19(14-27)23(16-8-6-10-18(13-16)33-3)29-24(30)20(35-25(21)29)12-15-7-5-9-17(11-15)32-2/h5-13,23H,4,28H2,1-3H3/b20-12+/t23-/m0/s1. The smallest absolute Gasteiger partial charge is 0.343 e. The summed E-state index contributed by atoms with van der Waals surface area (Å²) in [6, 6.07) is 15.6. The number of esters is 1. The zero-order valence-electron chi connectivity index (χ0n) is 19.4. The van der Waals surface area contributed by atoms with E-state index in [9.17, 15) is 14.9 Å². The summed E-state index contributed by atoms with van der Waals surface area (Å²) in [5.41, 5.74) is 7.48. The topological polar surface area (TPSA) is 117 Å². The van der Waals surface area contributed by atoms with Gasteiger partial charge >= 0.3 is 5.97 Å². The second-order valence-electron chi connectivity index (χ2n) is 7.58. The normalized spacial score (nSPS) is 15.4. The van der Waals surface area contributed by atoms with E-state index >= 15 is 0 Å². The molecule has 8 nitrogen and oxygen atoms in total. The molecule has 0 unspecified atom stereocenters. The Bertz CT molecular complexity index is 1560. The Morgan fingerprint density at radius 3 is 2.51 bits per heavy atom. The Morgan fingerprint density at radius 1 is 1.17 bits per heavy atom. The highest BCUT2D eigenvalue weighted by molar-refractivity contribution is 7.07. The average Bonchev–Trinajstić information content (AvgIpc) is 3.18. The monoisotopic (exact) mass is 489 g/mol. The van der Waals surface area contributed by atoms with Gasteiger partial charge in [0.05, 0.1) is 42.7 Å². The molecular formula is C26H23N3O5S. The maximum atomic E-state index is 13.7. The first-order chi connectivity index (χ1) is 16.9. The van der Waals surface area contributed by atoms with Gasteiger partial charge in [-0.2, -0.15) is 5.26 Å². The van der Waals surface area contributed by atoms with Crippen molar-refractivity contribution >= 4 is 29.0 Å². The first-order valence-corrected chi connectivity index (χ1v) is 11.6. The SMILES string of the molecule is CCOC(=O)C1=c2s/c(=C/c3cccc(OC)c3)c(=O)n2[C@@H](c2cccc(OC)c2)C(C#N)=C1N. The molecule has 2 N–H and O–H groups in total. The number of thiazole rings is 1. The van der Waals surface area contributed by atoms with Crippen molar-refractivity contribution in [3.05, 3.63) is 90.5 Å². The highest BCUT2D eigenvalue weighted by Crippen LogP contribution is 2.32. The summed E-state index contributed by atoms with van der Waals surface area (Å²) in [4.78, 5) is 26.6. The minimum Gasteiger partial charge on any atom is -0.497 e. The Labute approximate surface area is 205 Å². The van der Waals surface area contributed by atoms with Crippen LogP contribution in [0.25, 0.3) is 11.6 Å². The molecule has 1 aliphatic heterocycles. The van der Waals surface area contributed by atoms with Crippen LogP contribution in [0.4, 0.5) is 0 Å². The van der Waals surface area contributed by atoms with Gasteiger partial charge in [0.25, 0.3) is 5.56 Å². The number of methoxy groups -OCH3 is 2. The van der Waals surface area contributed by atoms with Crippen LogP contribution in [0.2, 0.25) is 0 Å². The molecule has 1 atom stereocenters. The number of allylic oxidation sites excluding steroid dienone is 1. The van der Waals surface area contributed by atoms with E-state index in [0.717, 1.165) is 16.9 Å². The quantitative estimate of drug-likeness (QED) is 0.525. The van der Waals surface area contributed by atoms with Gasteiger partial charge in [-0.25, -0.2) is 4.79 Å². The number of fused-ring (bicyclic) bond motifs is 1. The molecule has 0 spiro atoms. The number of carbonyl (C=O) groups is 1. The van der Waals surface area contributed by atoms with Crippen LogP contribution in [0.3, 0.4) is 0 Å². The van der Waals surface area contributed by atoms with E-state index in [1.807, 2.05) is 12.1 Å². The summed E-state index contributed by atoms with van der Waals surface area (Å²) in [7, 11) is 3.10. The van der Waals surface area contributed by atoms with E-state index in [1.165, 1.54) is 11.7 Å². The van der Waals surface area contributed by atoms with Gasteiger partial charge in [-0.05, 0) is 48.4 Å². The zero-order valence-corrected chi connectivity index (χ0v) is 20.2. The zero-order chi connectivity index (χ0) is 25.1. The molecule has 0 saturated carbocycles. The van der Waals surface area contributed by atoms with Crippen LogP contribution in [0, 0.1) is 11.3 Å². The molecule has 3 aromatic rings. The first-order valence-electron chi connectivity index (χ1n) is 10.8. The summed E-state index contributed by atoms with van der Waals surface area (Å²) in [5.74, 6) is 0.516. The van der Waals surface area contributed by atoms with Crippen molar-refractivity contribution in [1.29, 1.82) is 5.26 Å². The van der Waals surface area contributed by atoms with Crippen molar-refractivity contribution < 1.29 is 19.0 Å². The van der Waals surface area contributed by atoms with Crippen LogP contribution in [0.1, 0.15) is 24.1 Å². The van der Waals surface area contributed by atoms with Gasteiger partial charge in [-0.15, -0.1) is 11.3 Å².